The van der Waals surface area contributed by atoms with Crippen molar-refractivity contribution in [3.8, 4) is 5.75 Å². The molecule has 0 aromatic heterocycles. The Hall–Kier alpha value is -1.26. The molecule has 0 spiro atoms. The standard InChI is InChI=1S/C21H30N2O2/c1-2-15(14-24-10-1)13-23-9-11-25-19-12-17-5-7-22-8-6-18(17)20(21(19)23)16-3-4-16/h12,15-16,22H,1-11,13-14H2/t15-/m1/s1. The van der Waals surface area contributed by atoms with Crippen molar-refractivity contribution in [2.24, 2.45) is 5.92 Å². The van der Waals surface area contributed by atoms with Gasteiger partial charge in [0.25, 0.3) is 0 Å². The van der Waals surface area contributed by atoms with Crippen LogP contribution in [-0.4, -0.2) is 46.0 Å². The van der Waals surface area contributed by atoms with Crippen molar-refractivity contribution in [2.75, 3.05) is 50.9 Å². The van der Waals surface area contributed by atoms with E-state index in [4.69, 9.17) is 9.47 Å². The van der Waals surface area contributed by atoms with Gasteiger partial charge >= 0.3 is 0 Å². The second-order valence-electron chi connectivity index (χ2n) is 8.18. The lowest BCUT2D eigenvalue weighted by molar-refractivity contribution is 0.0567. The summed E-state index contributed by atoms with van der Waals surface area (Å²) < 4.78 is 11.9. The molecule has 0 amide bonds. The molecule has 25 heavy (non-hydrogen) atoms. The van der Waals surface area contributed by atoms with Crippen molar-refractivity contribution in [3.05, 3.63) is 22.8 Å². The minimum Gasteiger partial charge on any atom is -0.490 e. The highest BCUT2D eigenvalue weighted by atomic mass is 16.5. The Balaban J connectivity index is 1.53. The average Bonchev–Trinajstić information content (AvgIpc) is 3.48. The number of ether oxygens (including phenoxy) is 2. The monoisotopic (exact) mass is 342 g/mol. The van der Waals surface area contributed by atoms with Crippen LogP contribution >= 0.6 is 0 Å². The molecule has 1 atom stereocenters. The van der Waals surface area contributed by atoms with E-state index >= 15 is 0 Å². The van der Waals surface area contributed by atoms with Gasteiger partial charge in [-0.05, 0) is 86.2 Å². The fraction of sp³-hybridized carbons (Fsp3) is 0.714. The summed E-state index contributed by atoms with van der Waals surface area (Å²) in [6.07, 6.45) is 7.55. The number of hydrogen-bond donors (Lipinski definition) is 1. The third-order valence-electron chi connectivity index (χ3n) is 6.28. The van der Waals surface area contributed by atoms with Crippen LogP contribution in [0.2, 0.25) is 0 Å². The zero-order valence-electron chi connectivity index (χ0n) is 15.2. The zero-order valence-corrected chi connectivity index (χ0v) is 15.2. The lowest BCUT2D eigenvalue weighted by atomic mass is 9.90. The van der Waals surface area contributed by atoms with Crippen LogP contribution < -0.4 is 15.0 Å². The first-order chi connectivity index (χ1) is 12.4. The van der Waals surface area contributed by atoms with E-state index in [1.165, 1.54) is 43.4 Å². The molecule has 0 bridgehead atoms. The van der Waals surface area contributed by atoms with Crippen molar-refractivity contribution in [3.63, 3.8) is 0 Å². The Bertz CT molecular complexity index is 635. The summed E-state index contributed by atoms with van der Waals surface area (Å²) in [6.45, 7) is 7.07. The van der Waals surface area contributed by atoms with Crippen LogP contribution in [0.15, 0.2) is 6.07 Å². The number of nitrogens with zero attached hydrogens (tertiary/aromatic N) is 1. The van der Waals surface area contributed by atoms with Crippen LogP contribution in [0, 0.1) is 5.92 Å². The zero-order chi connectivity index (χ0) is 16.6. The predicted octanol–water partition coefficient (Wildman–Crippen LogP) is 2.88. The molecule has 5 rings (SSSR count). The summed E-state index contributed by atoms with van der Waals surface area (Å²) in [4.78, 5) is 2.64. The molecule has 4 nitrogen and oxygen atoms in total. The van der Waals surface area contributed by atoms with E-state index in [0.717, 1.165) is 64.1 Å². The molecule has 1 aromatic rings. The molecule has 1 saturated heterocycles. The molecule has 3 aliphatic heterocycles. The lowest BCUT2D eigenvalue weighted by Crippen LogP contribution is -2.39. The summed E-state index contributed by atoms with van der Waals surface area (Å²) >= 11 is 0. The molecule has 0 unspecified atom stereocenters. The molecule has 1 aromatic carbocycles. The Labute approximate surface area is 150 Å². The van der Waals surface area contributed by atoms with E-state index in [1.807, 2.05) is 0 Å². The summed E-state index contributed by atoms with van der Waals surface area (Å²) in [6, 6.07) is 2.37. The number of fused-ring (bicyclic) bond motifs is 2. The first kappa shape index (κ1) is 16.0. The van der Waals surface area contributed by atoms with E-state index in [9.17, 15) is 0 Å². The molecule has 2 fully saturated rings. The molecule has 136 valence electrons. The second-order valence-corrected chi connectivity index (χ2v) is 8.18. The quantitative estimate of drug-likeness (QED) is 0.916. The minimum atomic E-state index is 0.673. The van der Waals surface area contributed by atoms with Crippen LogP contribution in [0.4, 0.5) is 5.69 Å². The van der Waals surface area contributed by atoms with Gasteiger partial charge < -0.3 is 19.7 Å². The Morgan fingerprint density at radius 1 is 1.12 bits per heavy atom. The number of anilines is 1. The van der Waals surface area contributed by atoms with Gasteiger partial charge in [-0.3, -0.25) is 0 Å². The van der Waals surface area contributed by atoms with E-state index in [1.54, 1.807) is 11.1 Å². The van der Waals surface area contributed by atoms with Gasteiger partial charge in [0.15, 0.2) is 0 Å². The maximum atomic E-state index is 6.18. The van der Waals surface area contributed by atoms with Crippen LogP contribution in [-0.2, 0) is 17.6 Å². The largest absolute Gasteiger partial charge is 0.490 e. The lowest BCUT2D eigenvalue weighted by Gasteiger charge is -2.38. The van der Waals surface area contributed by atoms with Gasteiger partial charge in [-0.2, -0.15) is 0 Å². The molecule has 4 aliphatic rings. The van der Waals surface area contributed by atoms with E-state index in [-0.39, 0.29) is 0 Å². The average molecular weight is 342 g/mol. The van der Waals surface area contributed by atoms with Crippen LogP contribution in [0.3, 0.4) is 0 Å². The van der Waals surface area contributed by atoms with E-state index in [2.05, 4.69) is 16.3 Å². The third kappa shape index (κ3) is 3.15. The maximum Gasteiger partial charge on any atom is 0.143 e. The molecule has 1 N–H and O–H groups in total. The van der Waals surface area contributed by atoms with Crippen molar-refractivity contribution in [1.82, 2.24) is 5.32 Å². The number of rotatable bonds is 3. The molecule has 1 aliphatic carbocycles. The number of nitrogens with one attached hydrogen (secondary N) is 1. The van der Waals surface area contributed by atoms with E-state index in [0.29, 0.717) is 5.92 Å². The van der Waals surface area contributed by atoms with Gasteiger partial charge in [-0.1, -0.05) is 0 Å². The molecule has 4 heteroatoms. The SMILES string of the molecule is c1c2c(c(C3CC3)c3c1OCCN3C[C@H]1CCCOC1)CCNCC2. The maximum absolute atomic E-state index is 6.18. The van der Waals surface area contributed by atoms with Gasteiger partial charge in [-0.15, -0.1) is 0 Å². The van der Waals surface area contributed by atoms with Crippen molar-refractivity contribution < 1.29 is 9.47 Å². The summed E-state index contributed by atoms with van der Waals surface area (Å²) in [5, 5.41) is 3.58. The van der Waals surface area contributed by atoms with Crippen molar-refractivity contribution in [1.29, 1.82) is 0 Å². The molecule has 1 saturated carbocycles. The van der Waals surface area contributed by atoms with Crippen molar-refractivity contribution >= 4 is 5.69 Å². The molecular formula is C21H30N2O2. The first-order valence-corrected chi connectivity index (χ1v) is 10.2. The van der Waals surface area contributed by atoms with Gasteiger partial charge in [-0.25, -0.2) is 0 Å². The molecule has 0 radical (unpaired) electrons. The van der Waals surface area contributed by atoms with E-state index < -0.39 is 0 Å². The smallest absolute Gasteiger partial charge is 0.143 e. The minimum absolute atomic E-state index is 0.673. The summed E-state index contributed by atoms with van der Waals surface area (Å²) in [5.41, 5.74) is 6.27. The topological polar surface area (TPSA) is 33.7 Å². The highest BCUT2D eigenvalue weighted by molar-refractivity contribution is 5.71. The first-order valence-electron chi connectivity index (χ1n) is 10.2. The second kappa shape index (κ2) is 6.81. The number of hydrogen-bond acceptors (Lipinski definition) is 4. The predicted molar refractivity (Wildman–Crippen MR) is 99.9 cm³/mol. The van der Waals surface area contributed by atoms with Gasteiger partial charge in [0.2, 0.25) is 0 Å². The Morgan fingerprint density at radius 2 is 2.04 bits per heavy atom. The normalized spacial score (nSPS) is 26.4. The van der Waals surface area contributed by atoms with Crippen LogP contribution in [0.5, 0.6) is 5.75 Å². The highest BCUT2D eigenvalue weighted by Gasteiger charge is 2.36. The Morgan fingerprint density at radius 3 is 2.88 bits per heavy atom. The van der Waals surface area contributed by atoms with Gasteiger partial charge in [0, 0.05) is 13.2 Å². The molecular weight excluding hydrogens is 312 g/mol. The fourth-order valence-electron chi connectivity index (χ4n) is 4.91. The van der Waals surface area contributed by atoms with Crippen LogP contribution in [0.1, 0.15) is 48.3 Å². The fourth-order valence-corrected chi connectivity index (χ4v) is 4.91. The third-order valence-corrected chi connectivity index (χ3v) is 6.28. The van der Waals surface area contributed by atoms with Crippen molar-refractivity contribution in [2.45, 2.75) is 44.4 Å². The van der Waals surface area contributed by atoms with Crippen LogP contribution in [0.25, 0.3) is 0 Å². The Kier molecular flexibility index (Phi) is 4.34. The summed E-state index contributed by atoms with van der Waals surface area (Å²) in [7, 11) is 0. The van der Waals surface area contributed by atoms with Gasteiger partial charge in [0.1, 0.15) is 12.4 Å². The van der Waals surface area contributed by atoms with Gasteiger partial charge in [0.05, 0.1) is 18.8 Å². The number of benzene rings is 1. The molecule has 3 heterocycles. The highest BCUT2D eigenvalue weighted by Crippen LogP contribution is 2.51. The summed E-state index contributed by atoms with van der Waals surface area (Å²) in [5.74, 6) is 2.60.